The molecule has 1 N–H and O–H groups in total. The van der Waals surface area contributed by atoms with Gasteiger partial charge in [0.2, 0.25) is 0 Å². The van der Waals surface area contributed by atoms with Crippen LogP contribution < -0.4 is 0 Å². The highest BCUT2D eigenvalue weighted by Gasteiger charge is 2.00. The zero-order valence-electron chi connectivity index (χ0n) is 6.16. The molecule has 0 amide bonds. The van der Waals surface area contributed by atoms with Crippen LogP contribution in [0.1, 0.15) is 0 Å². The molecule has 0 saturated carbocycles. The Labute approximate surface area is 68.3 Å². The van der Waals surface area contributed by atoms with E-state index >= 15 is 0 Å². The number of aromatic nitrogens is 1. The molecule has 0 aliphatic heterocycles. The fourth-order valence-electron chi connectivity index (χ4n) is 1.10. The van der Waals surface area contributed by atoms with Gasteiger partial charge in [0.25, 0.3) is 0 Å². The fourth-order valence-corrected chi connectivity index (χ4v) is 1.10. The van der Waals surface area contributed by atoms with E-state index in [1.54, 1.807) is 12.1 Å². The first kappa shape index (κ1) is 7.03. The third-order valence-corrected chi connectivity index (χ3v) is 1.66. The Balaban J connectivity index is 2.88. The summed E-state index contributed by atoms with van der Waals surface area (Å²) in [6, 6.07) is 5.97. The summed E-state index contributed by atoms with van der Waals surface area (Å²) in [6.45, 7) is 0. The summed E-state index contributed by atoms with van der Waals surface area (Å²) in [7, 11) is 0. The predicted molar refractivity (Wildman–Crippen MR) is 43.4 cm³/mol. The number of fused-ring (bicyclic) bond motifs is 1. The molecule has 1 aromatic heterocycles. The van der Waals surface area contributed by atoms with Crippen LogP contribution in [0.2, 0.25) is 0 Å². The molecule has 0 fully saturated rings. The quantitative estimate of drug-likeness (QED) is 0.645. The summed E-state index contributed by atoms with van der Waals surface area (Å²) in [5.41, 5.74) is 0.549. The molecule has 1 heterocycles. The third-order valence-electron chi connectivity index (χ3n) is 1.66. The molecule has 0 aliphatic rings. The van der Waals surface area contributed by atoms with Crippen LogP contribution >= 0.6 is 0 Å². The molecule has 0 spiro atoms. The molecule has 12 heavy (non-hydrogen) atoms. The van der Waals surface area contributed by atoms with Gasteiger partial charge in [-0.25, -0.2) is 4.39 Å². The molecule has 2 rings (SSSR count). The number of hydrogen-bond donors (Lipinski definition) is 1. The second kappa shape index (κ2) is 2.44. The Morgan fingerprint density at radius 3 is 3.00 bits per heavy atom. The second-order valence-corrected chi connectivity index (χ2v) is 2.50. The Kier molecular flexibility index (Phi) is 1.43. The van der Waals surface area contributed by atoms with E-state index in [9.17, 15) is 4.39 Å². The molecular weight excluding hydrogens is 157 g/mol. The number of benzene rings is 1. The van der Waals surface area contributed by atoms with Crippen molar-refractivity contribution >= 4 is 10.9 Å². The maximum absolute atomic E-state index is 13.0. The largest absolute Gasteiger partial charge is 0.506 e. The van der Waals surface area contributed by atoms with Crippen LogP contribution in [0.15, 0.2) is 30.5 Å². The van der Waals surface area contributed by atoms with Gasteiger partial charge in [-0.05, 0) is 18.2 Å². The predicted octanol–water partition coefficient (Wildman–Crippen LogP) is 2.08. The van der Waals surface area contributed by atoms with Crippen molar-refractivity contribution in [3.05, 3.63) is 36.3 Å². The van der Waals surface area contributed by atoms with E-state index in [1.807, 2.05) is 0 Å². The number of aromatic hydroxyl groups is 1. The van der Waals surface area contributed by atoms with E-state index < -0.39 is 0 Å². The molecular formula is C9H6FNO. The van der Waals surface area contributed by atoms with Gasteiger partial charge in [0.15, 0.2) is 0 Å². The van der Waals surface area contributed by atoms with Crippen LogP contribution in [-0.4, -0.2) is 10.1 Å². The average molecular weight is 163 g/mol. The minimum Gasteiger partial charge on any atom is -0.506 e. The summed E-state index contributed by atoms with van der Waals surface area (Å²) in [6.07, 6.45) is 1.29. The first-order chi connectivity index (χ1) is 5.77. The van der Waals surface area contributed by atoms with Gasteiger partial charge in [0, 0.05) is 5.39 Å². The first-order valence-corrected chi connectivity index (χ1v) is 3.50. The zero-order valence-corrected chi connectivity index (χ0v) is 6.16. The number of nitrogens with zero attached hydrogens (tertiary/aromatic N) is 1. The van der Waals surface area contributed by atoms with Crippen molar-refractivity contribution in [2.45, 2.75) is 0 Å². The van der Waals surface area contributed by atoms with Crippen molar-refractivity contribution in [3.63, 3.8) is 0 Å². The van der Waals surface area contributed by atoms with Crippen molar-refractivity contribution in [2.75, 3.05) is 0 Å². The monoisotopic (exact) mass is 163 g/mol. The van der Waals surface area contributed by atoms with E-state index in [0.29, 0.717) is 10.9 Å². The van der Waals surface area contributed by atoms with Gasteiger partial charge >= 0.3 is 0 Å². The minimum atomic E-state index is -0.365. The van der Waals surface area contributed by atoms with Crippen LogP contribution in [0, 0.1) is 5.82 Å². The van der Waals surface area contributed by atoms with Crippen LogP contribution in [0.5, 0.6) is 5.75 Å². The second-order valence-electron chi connectivity index (χ2n) is 2.50. The van der Waals surface area contributed by atoms with Gasteiger partial charge in [-0.1, -0.05) is 6.07 Å². The van der Waals surface area contributed by atoms with Crippen molar-refractivity contribution in [1.82, 2.24) is 4.98 Å². The highest BCUT2D eigenvalue weighted by molar-refractivity contribution is 5.80. The molecule has 0 aliphatic carbocycles. The molecule has 0 atom stereocenters. The lowest BCUT2D eigenvalue weighted by molar-refractivity contribution is 0.473. The van der Waals surface area contributed by atoms with Gasteiger partial charge in [-0.2, -0.15) is 0 Å². The maximum atomic E-state index is 13.0. The molecule has 3 heteroatoms. The standard InChI is InChI=1S/C9H6FNO/c10-8-2-1-3-9-7(8)4-6(12)5-11-9/h1-5,12H. The molecule has 60 valence electrons. The Bertz CT molecular complexity index is 428. The van der Waals surface area contributed by atoms with E-state index in [-0.39, 0.29) is 11.6 Å². The Hall–Kier alpha value is -1.64. The zero-order chi connectivity index (χ0) is 8.55. The number of pyridine rings is 1. The summed E-state index contributed by atoms with van der Waals surface area (Å²) >= 11 is 0. The van der Waals surface area contributed by atoms with E-state index in [2.05, 4.69) is 4.98 Å². The van der Waals surface area contributed by atoms with Gasteiger partial charge in [-0.3, -0.25) is 4.98 Å². The summed E-state index contributed by atoms with van der Waals surface area (Å²) in [5, 5.41) is 9.37. The highest BCUT2D eigenvalue weighted by Crippen LogP contribution is 2.19. The molecule has 0 unspecified atom stereocenters. The van der Waals surface area contributed by atoms with Crippen molar-refractivity contribution in [3.8, 4) is 5.75 Å². The lowest BCUT2D eigenvalue weighted by Gasteiger charge is -1.97. The maximum Gasteiger partial charge on any atom is 0.134 e. The molecule has 0 bridgehead atoms. The van der Waals surface area contributed by atoms with Gasteiger partial charge < -0.3 is 5.11 Å². The molecule has 1 aromatic carbocycles. The topological polar surface area (TPSA) is 33.1 Å². The van der Waals surface area contributed by atoms with Gasteiger partial charge in [-0.15, -0.1) is 0 Å². The van der Waals surface area contributed by atoms with E-state index in [0.717, 1.165) is 0 Å². The number of hydrogen-bond acceptors (Lipinski definition) is 2. The average Bonchev–Trinajstić information content (AvgIpc) is 2.07. The third kappa shape index (κ3) is 0.993. The lowest BCUT2D eigenvalue weighted by atomic mass is 10.2. The number of halogens is 1. The molecule has 0 radical (unpaired) electrons. The normalized spacial score (nSPS) is 10.4. The van der Waals surface area contributed by atoms with Crippen molar-refractivity contribution in [1.29, 1.82) is 0 Å². The summed E-state index contributed by atoms with van der Waals surface area (Å²) < 4.78 is 13.0. The van der Waals surface area contributed by atoms with Crippen LogP contribution in [-0.2, 0) is 0 Å². The number of rotatable bonds is 0. The summed E-state index contributed by atoms with van der Waals surface area (Å²) in [4.78, 5) is 3.85. The molecule has 2 aromatic rings. The fraction of sp³-hybridized carbons (Fsp3) is 0. The van der Waals surface area contributed by atoms with Crippen LogP contribution in [0.25, 0.3) is 10.9 Å². The lowest BCUT2D eigenvalue weighted by Crippen LogP contribution is -1.81. The smallest absolute Gasteiger partial charge is 0.134 e. The Morgan fingerprint density at radius 1 is 1.33 bits per heavy atom. The Morgan fingerprint density at radius 2 is 2.17 bits per heavy atom. The first-order valence-electron chi connectivity index (χ1n) is 3.50. The molecule has 2 nitrogen and oxygen atoms in total. The van der Waals surface area contributed by atoms with Crippen LogP contribution in [0.3, 0.4) is 0 Å². The van der Waals surface area contributed by atoms with E-state index in [1.165, 1.54) is 18.3 Å². The molecule has 0 saturated heterocycles. The van der Waals surface area contributed by atoms with E-state index in [4.69, 9.17) is 5.11 Å². The van der Waals surface area contributed by atoms with Crippen LogP contribution in [0.4, 0.5) is 4.39 Å². The minimum absolute atomic E-state index is 0.0207. The van der Waals surface area contributed by atoms with Crippen molar-refractivity contribution in [2.24, 2.45) is 0 Å². The van der Waals surface area contributed by atoms with Crippen molar-refractivity contribution < 1.29 is 9.50 Å². The highest BCUT2D eigenvalue weighted by atomic mass is 19.1. The van der Waals surface area contributed by atoms with Gasteiger partial charge in [0.05, 0.1) is 11.7 Å². The van der Waals surface area contributed by atoms with Gasteiger partial charge in [0.1, 0.15) is 11.6 Å². The SMILES string of the molecule is Oc1cnc2cccc(F)c2c1. The summed E-state index contributed by atoms with van der Waals surface area (Å²) in [5.74, 6) is -0.386.